The number of carbonyl (C=O) groups is 2. The molecule has 6 aliphatic rings. The lowest BCUT2D eigenvalue weighted by Crippen LogP contribution is -2.41. The van der Waals surface area contributed by atoms with Crippen LogP contribution < -0.4 is 16.2 Å². The Hall–Kier alpha value is -6.69. The molecule has 6 fully saturated rings. The Labute approximate surface area is 416 Å². The number of fused-ring (bicyclic) bond motifs is 8. The fraction of sp³-hybridized carbons (Fsp3) is 0.455. The number of aryl methyl sites for hydroxylation is 1. The highest BCUT2D eigenvalue weighted by Crippen LogP contribution is 2.42. The zero-order chi connectivity index (χ0) is 49.1. The summed E-state index contributed by atoms with van der Waals surface area (Å²) in [5.41, 5.74) is 20.2. The number of hydrogen-bond acceptors (Lipinski definition) is 10. The molecular weight excluding hydrogens is 912 g/mol. The SMILES string of the molecule is COCCn1c(-c2cc3cccnc3n2CC2CC2)nc2cc(C(=O)N3C[C@H]4CC[C@@H]3[C@@H]4N)cc(F)c21.COc1cc(C(=O)N2C[C@H]3CC[C@@H]2C3N)cc2nc(-c3cc4ccncc4n3CC3CC3)n(C)c12. The second-order valence-corrected chi connectivity index (χ2v) is 21.3. The van der Waals surface area contributed by atoms with Gasteiger partial charge in [0.15, 0.2) is 11.6 Å². The first-order valence-corrected chi connectivity index (χ1v) is 25.8. The minimum Gasteiger partial charge on any atom is -0.494 e. The number of piperidine rings is 2. The Bertz CT molecular complexity index is 3460. The summed E-state index contributed by atoms with van der Waals surface area (Å²) in [5, 5.41) is 2.19. The molecule has 8 aromatic rings. The predicted molar refractivity (Wildman–Crippen MR) is 273 cm³/mol. The van der Waals surface area contributed by atoms with E-state index in [1.165, 1.54) is 31.7 Å². The van der Waals surface area contributed by atoms with Crippen LogP contribution in [0.25, 0.3) is 67.0 Å². The van der Waals surface area contributed by atoms with Gasteiger partial charge in [-0.2, -0.15) is 0 Å². The van der Waals surface area contributed by atoms with Crippen molar-refractivity contribution in [3.05, 3.63) is 90.1 Å². The van der Waals surface area contributed by atoms with E-state index in [9.17, 15) is 9.59 Å². The van der Waals surface area contributed by atoms with Gasteiger partial charge >= 0.3 is 0 Å². The lowest BCUT2D eigenvalue weighted by atomic mass is 10.1. The Kier molecular flexibility index (Phi) is 11.0. The highest BCUT2D eigenvalue weighted by atomic mass is 19.1. The fourth-order valence-electron chi connectivity index (χ4n) is 12.7. The highest BCUT2D eigenvalue weighted by molar-refractivity contribution is 6.01. The molecule has 6 aromatic heterocycles. The number of aromatic nitrogens is 8. The maximum atomic E-state index is 15.8. The second kappa shape index (κ2) is 17.5. The average molecular weight is 973 g/mol. The Morgan fingerprint density at radius 1 is 0.708 bits per heavy atom. The van der Waals surface area contributed by atoms with Crippen LogP contribution in [-0.4, -0.2) is 118 Å². The van der Waals surface area contributed by atoms with E-state index < -0.39 is 5.82 Å². The number of benzene rings is 2. The third kappa shape index (κ3) is 7.48. The molecule has 72 heavy (non-hydrogen) atoms. The summed E-state index contributed by atoms with van der Waals surface area (Å²) in [6.45, 7) is 4.06. The number of halogens is 1. The maximum Gasteiger partial charge on any atom is 0.254 e. The summed E-state index contributed by atoms with van der Waals surface area (Å²) in [5.74, 6) is 3.68. The Morgan fingerprint density at radius 2 is 1.33 bits per heavy atom. The number of amides is 2. The number of pyridine rings is 2. The molecule has 372 valence electrons. The van der Waals surface area contributed by atoms with Crippen LogP contribution in [0.15, 0.2) is 73.2 Å². The molecule has 2 amide bonds. The van der Waals surface area contributed by atoms with Gasteiger partial charge in [0.2, 0.25) is 0 Å². The number of carbonyl (C=O) groups excluding carboxylic acids is 2. The third-order valence-electron chi connectivity index (χ3n) is 16.9. The smallest absolute Gasteiger partial charge is 0.254 e. The monoisotopic (exact) mass is 972 g/mol. The van der Waals surface area contributed by atoms with Gasteiger partial charge in [0.05, 0.1) is 47.9 Å². The van der Waals surface area contributed by atoms with Gasteiger partial charge in [-0.25, -0.2) is 19.3 Å². The summed E-state index contributed by atoms with van der Waals surface area (Å²) in [7, 11) is 5.30. The minimum atomic E-state index is -0.452. The van der Waals surface area contributed by atoms with Gasteiger partial charge in [0, 0.05) is 105 Å². The molecule has 0 spiro atoms. The van der Waals surface area contributed by atoms with Gasteiger partial charge in [-0.1, -0.05) is 0 Å². The summed E-state index contributed by atoms with van der Waals surface area (Å²) < 4.78 is 35.5. The van der Waals surface area contributed by atoms with Gasteiger partial charge < -0.3 is 49.0 Å². The van der Waals surface area contributed by atoms with Crippen molar-refractivity contribution in [1.82, 2.24) is 48.0 Å². The molecule has 14 rings (SSSR count). The van der Waals surface area contributed by atoms with E-state index in [4.69, 9.17) is 30.9 Å². The standard InChI is InChI=1S/C28H31FN6O2.C27H30N6O2/c1-37-10-9-33-25-20(29)11-19(28(36)35-15-18-6-7-22(35)24(18)30)12-21(25)32-27(33)23-13-17-3-2-8-31-26(17)34(23)14-16-4-5-16;1-31-25-19(9-18(11-23(25)35-2)27(34)33-14-17-5-6-20(33)24(17)28)30-26(31)21-10-16-7-8-29-12-22(16)32(21)13-15-3-4-15/h2-3,8,11-13,16,18,22,24H,4-7,9-10,14-15,30H2,1H3;7-12,15,17,20,24H,3-6,13-14,28H2,1-2H3/t18-,22-,24-;17-,20-,24?/m11/s1. The number of rotatable bonds is 12. The van der Waals surface area contributed by atoms with Crippen LogP contribution in [0, 0.1) is 29.5 Å². The molecule has 16 nitrogen and oxygen atoms in total. The molecule has 17 heteroatoms. The van der Waals surface area contributed by atoms with Crippen molar-refractivity contribution in [3.8, 4) is 28.8 Å². The quantitative estimate of drug-likeness (QED) is 0.125. The van der Waals surface area contributed by atoms with Gasteiger partial charge in [0.1, 0.15) is 28.2 Å². The maximum absolute atomic E-state index is 15.8. The summed E-state index contributed by atoms with van der Waals surface area (Å²) in [6, 6.07) is 17.5. The normalized spacial score (nSPS) is 23.4. The van der Waals surface area contributed by atoms with E-state index in [0.717, 1.165) is 95.5 Å². The molecule has 2 saturated heterocycles. The summed E-state index contributed by atoms with van der Waals surface area (Å²) in [6.07, 6.45) is 14.6. The molecule has 0 radical (unpaired) electrons. The number of hydrogen-bond donors (Lipinski definition) is 2. The summed E-state index contributed by atoms with van der Waals surface area (Å²) >= 11 is 0. The largest absolute Gasteiger partial charge is 0.494 e. The molecule has 4 N–H and O–H groups in total. The number of ether oxygens (including phenoxy) is 2. The van der Waals surface area contributed by atoms with Crippen LogP contribution in [0.3, 0.4) is 0 Å². The molecule has 6 atom stereocenters. The minimum absolute atomic E-state index is 0.0133. The van der Waals surface area contributed by atoms with E-state index >= 15 is 4.39 Å². The molecule has 2 aromatic carbocycles. The number of methoxy groups -OCH3 is 2. The van der Waals surface area contributed by atoms with Gasteiger partial charge in [0.25, 0.3) is 11.8 Å². The van der Waals surface area contributed by atoms with Crippen LogP contribution in [0.1, 0.15) is 72.1 Å². The van der Waals surface area contributed by atoms with Gasteiger partial charge in [-0.05, 0) is 130 Å². The number of nitrogens with two attached hydrogens (primary N) is 2. The van der Waals surface area contributed by atoms with Crippen molar-refractivity contribution < 1.29 is 23.5 Å². The molecule has 1 unspecified atom stereocenters. The fourth-order valence-corrected chi connectivity index (χ4v) is 12.7. The zero-order valence-corrected chi connectivity index (χ0v) is 41.1. The Morgan fingerprint density at radius 3 is 1.96 bits per heavy atom. The van der Waals surface area contributed by atoms with Crippen LogP contribution in [0.2, 0.25) is 0 Å². The molecule has 4 bridgehead atoms. The topological polar surface area (TPSA) is 182 Å². The summed E-state index contributed by atoms with van der Waals surface area (Å²) in [4.78, 5) is 49.8. The zero-order valence-electron chi connectivity index (χ0n) is 41.1. The van der Waals surface area contributed by atoms with Crippen molar-refractivity contribution in [3.63, 3.8) is 0 Å². The van der Waals surface area contributed by atoms with Gasteiger partial charge in [-0.3, -0.25) is 14.6 Å². The Balaban J connectivity index is 0.000000140. The molecule has 2 aliphatic heterocycles. The lowest BCUT2D eigenvalue weighted by Gasteiger charge is -2.27. The average Bonchev–Trinajstić information content (AvgIpc) is 3.96. The van der Waals surface area contributed by atoms with E-state index in [1.54, 1.807) is 26.5 Å². The lowest BCUT2D eigenvalue weighted by molar-refractivity contribution is 0.0693. The van der Waals surface area contributed by atoms with Crippen molar-refractivity contribution >= 4 is 55.8 Å². The van der Waals surface area contributed by atoms with Crippen molar-refractivity contribution in [2.24, 2.45) is 42.2 Å². The van der Waals surface area contributed by atoms with Crippen LogP contribution >= 0.6 is 0 Å². The molecular formula is C55H61FN12O4. The van der Waals surface area contributed by atoms with E-state index in [1.807, 2.05) is 58.1 Å². The number of likely N-dealkylation sites (tertiary alicyclic amines) is 2. The van der Waals surface area contributed by atoms with E-state index in [2.05, 4.69) is 41.9 Å². The molecule has 8 heterocycles. The number of nitrogens with zero attached hydrogens (tertiary/aromatic N) is 10. The molecule has 4 saturated carbocycles. The van der Waals surface area contributed by atoms with Gasteiger partial charge in [-0.15, -0.1) is 0 Å². The highest BCUT2D eigenvalue weighted by Gasteiger charge is 2.48. The predicted octanol–water partition coefficient (Wildman–Crippen LogP) is 7.38. The first-order chi connectivity index (χ1) is 35.1. The first kappa shape index (κ1) is 45.2. The van der Waals surface area contributed by atoms with Crippen LogP contribution in [0.4, 0.5) is 4.39 Å². The molecule has 4 aliphatic carbocycles. The number of imidazole rings is 2. The van der Waals surface area contributed by atoms with Crippen LogP contribution in [0.5, 0.6) is 5.75 Å². The first-order valence-electron chi connectivity index (χ1n) is 25.8. The second-order valence-electron chi connectivity index (χ2n) is 21.3. The van der Waals surface area contributed by atoms with E-state index in [-0.39, 0.29) is 36.0 Å². The third-order valence-corrected chi connectivity index (χ3v) is 16.9. The van der Waals surface area contributed by atoms with E-state index in [0.29, 0.717) is 77.1 Å². The van der Waals surface area contributed by atoms with Crippen molar-refractivity contribution in [2.75, 3.05) is 33.9 Å². The van der Waals surface area contributed by atoms with Crippen LogP contribution in [-0.2, 0) is 31.4 Å². The van der Waals surface area contributed by atoms with Crippen molar-refractivity contribution in [2.45, 2.75) is 95.2 Å². The van der Waals surface area contributed by atoms with Crippen molar-refractivity contribution in [1.29, 1.82) is 0 Å².